The Morgan fingerprint density at radius 1 is 1.15 bits per heavy atom. The van der Waals surface area contributed by atoms with Crippen molar-refractivity contribution in [2.24, 2.45) is 0 Å². The molecule has 3 aromatic rings. The lowest BCUT2D eigenvalue weighted by Gasteiger charge is -2.33. The van der Waals surface area contributed by atoms with Crippen LogP contribution in [-0.4, -0.2) is 53.7 Å². The molecule has 0 N–H and O–H groups in total. The van der Waals surface area contributed by atoms with Crippen molar-refractivity contribution in [3.8, 4) is 5.75 Å². The number of morpholine rings is 1. The Kier molecular flexibility index (Phi) is 4.98. The van der Waals surface area contributed by atoms with E-state index in [-0.39, 0.29) is 12.0 Å². The summed E-state index contributed by atoms with van der Waals surface area (Å²) in [7, 11) is 1.65. The van der Waals surface area contributed by atoms with Crippen LogP contribution in [0.4, 0.5) is 0 Å². The van der Waals surface area contributed by atoms with Gasteiger partial charge in [0.15, 0.2) is 0 Å². The summed E-state index contributed by atoms with van der Waals surface area (Å²) in [5.74, 6) is 0.838. The Morgan fingerprint density at radius 2 is 1.93 bits per heavy atom. The van der Waals surface area contributed by atoms with Gasteiger partial charge in [-0.15, -0.1) is 0 Å². The molecule has 0 aliphatic carbocycles. The summed E-state index contributed by atoms with van der Waals surface area (Å²) in [5, 5.41) is 0. The summed E-state index contributed by atoms with van der Waals surface area (Å²) in [6.45, 7) is 1.71. The van der Waals surface area contributed by atoms with Gasteiger partial charge < -0.3 is 14.4 Å². The number of hydrogen-bond acceptors (Lipinski definition) is 5. The van der Waals surface area contributed by atoms with Crippen molar-refractivity contribution in [1.29, 1.82) is 0 Å². The molecule has 1 aliphatic rings. The Hall–Kier alpha value is -2.99. The zero-order valence-electron chi connectivity index (χ0n) is 15.2. The van der Waals surface area contributed by atoms with Crippen molar-refractivity contribution in [2.75, 3.05) is 26.8 Å². The van der Waals surface area contributed by atoms with Crippen molar-refractivity contribution in [3.63, 3.8) is 0 Å². The molecule has 0 saturated carbocycles. The number of ether oxygens (including phenoxy) is 2. The molecule has 2 aromatic carbocycles. The molecule has 1 aliphatic heterocycles. The SMILES string of the molecule is COc1ccc(C[C@@H]2CN(C(=O)c3ccc4nccnc4c3)CCO2)cc1. The highest BCUT2D eigenvalue weighted by Crippen LogP contribution is 2.18. The fraction of sp³-hybridized carbons (Fsp3) is 0.286. The number of nitrogens with zero attached hydrogens (tertiary/aromatic N) is 3. The van der Waals surface area contributed by atoms with Crippen molar-refractivity contribution >= 4 is 16.9 Å². The Labute approximate surface area is 157 Å². The maximum atomic E-state index is 12.9. The molecule has 1 atom stereocenters. The topological polar surface area (TPSA) is 64.5 Å². The van der Waals surface area contributed by atoms with Gasteiger partial charge in [-0.2, -0.15) is 0 Å². The van der Waals surface area contributed by atoms with E-state index in [0.717, 1.165) is 28.8 Å². The summed E-state index contributed by atoms with van der Waals surface area (Å²) in [6.07, 6.45) is 4.03. The molecule has 1 fully saturated rings. The Morgan fingerprint density at radius 3 is 2.70 bits per heavy atom. The van der Waals surface area contributed by atoms with Gasteiger partial charge in [-0.25, -0.2) is 0 Å². The van der Waals surface area contributed by atoms with Gasteiger partial charge in [0.2, 0.25) is 0 Å². The molecule has 138 valence electrons. The lowest BCUT2D eigenvalue weighted by Crippen LogP contribution is -2.46. The minimum atomic E-state index is -0.0173. The fourth-order valence-electron chi connectivity index (χ4n) is 3.33. The number of amides is 1. The number of carbonyl (C=O) groups is 1. The summed E-state index contributed by atoms with van der Waals surface area (Å²) in [6, 6.07) is 13.4. The third-order valence-electron chi connectivity index (χ3n) is 4.76. The van der Waals surface area contributed by atoms with E-state index in [2.05, 4.69) is 9.97 Å². The van der Waals surface area contributed by atoms with Crippen LogP contribution in [0, 0.1) is 0 Å². The third-order valence-corrected chi connectivity index (χ3v) is 4.76. The average Bonchev–Trinajstić information content (AvgIpc) is 2.73. The van der Waals surface area contributed by atoms with E-state index in [9.17, 15) is 4.79 Å². The van der Waals surface area contributed by atoms with Gasteiger partial charge in [-0.1, -0.05) is 12.1 Å². The molecule has 0 radical (unpaired) electrons. The van der Waals surface area contributed by atoms with Crippen LogP contribution in [0.3, 0.4) is 0 Å². The zero-order valence-corrected chi connectivity index (χ0v) is 15.2. The first kappa shape index (κ1) is 17.4. The highest BCUT2D eigenvalue weighted by molar-refractivity contribution is 5.97. The molecular formula is C21H21N3O3. The van der Waals surface area contributed by atoms with Crippen LogP contribution in [0.1, 0.15) is 15.9 Å². The number of methoxy groups -OCH3 is 1. The maximum absolute atomic E-state index is 12.9. The molecule has 1 amide bonds. The van der Waals surface area contributed by atoms with Crippen molar-refractivity contribution < 1.29 is 14.3 Å². The number of aromatic nitrogens is 2. The first-order chi connectivity index (χ1) is 13.2. The van der Waals surface area contributed by atoms with Crippen LogP contribution in [0.5, 0.6) is 5.75 Å². The summed E-state index contributed by atoms with van der Waals surface area (Å²) < 4.78 is 11.1. The van der Waals surface area contributed by atoms with Crippen LogP contribution in [-0.2, 0) is 11.2 Å². The normalized spacial score (nSPS) is 17.1. The fourth-order valence-corrected chi connectivity index (χ4v) is 3.33. The van der Waals surface area contributed by atoms with Gasteiger partial charge >= 0.3 is 0 Å². The molecule has 6 nitrogen and oxygen atoms in total. The predicted octanol–water partition coefficient (Wildman–Crippen LogP) is 2.72. The second kappa shape index (κ2) is 7.72. The number of rotatable bonds is 4. The predicted molar refractivity (Wildman–Crippen MR) is 102 cm³/mol. The molecule has 1 saturated heterocycles. The van der Waals surface area contributed by atoms with E-state index >= 15 is 0 Å². The zero-order chi connectivity index (χ0) is 18.6. The molecule has 6 heteroatoms. The summed E-state index contributed by atoms with van der Waals surface area (Å²) in [5.41, 5.74) is 3.31. The molecule has 4 rings (SSSR count). The molecule has 2 heterocycles. The van der Waals surface area contributed by atoms with Gasteiger partial charge in [0.1, 0.15) is 5.75 Å². The highest BCUT2D eigenvalue weighted by Gasteiger charge is 2.25. The second-order valence-electron chi connectivity index (χ2n) is 6.56. The van der Waals surface area contributed by atoms with Crippen LogP contribution < -0.4 is 4.74 Å². The van der Waals surface area contributed by atoms with E-state index in [0.29, 0.717) is 25.3 Å². The first-order valence-electron chi connectivity index (χ1n) is 8.97. The number of carbonyl (C=O) groups excluding carboxylic acids is 1. The Bertz CT molecular complexity index is 943. The van der Waals surface area contributed by atoms with Crippen molar-refractivity contribution in [1.82, 2.24) is 14.9 Å². The smallest absolute Gasteiger partial charge is 0.254 e. The maximum Gasteiger partial charge on any atom is 0.254 e. The van der Waals surface area contributed by atoms with Crippen LogP contribution in [0.2, 0.25) is 0 Å². The quantitative estimate of drug-likeness (QED) is 0.713. The first-order valence-corrected chi connectivity index (χ1v) is 8.97. The minimum absolute atomic E-state index is 0.00517. The summed E-state index contributed by atoms with van der Waals surface area (Å²) >= 11 is 0. The molecule has 27 heavy (non-hydrogen) atoms. The van der Waals surface area contributed by atoms with E-state index in [1.165, 1.54) is 0 Å². The van der Waals surface area contributed by atoms with E-state index < -0.39 is 0 Å². The van der Waals surface area contributed by atoms with Gasteiger partial charge in [0, 0.05) is 37.5 Å². The Balaban J connectivity index is 1.45. The standard InChI is InChI=1S/C21H21N3O3/c1-26-17-5-2-15(3-6-17)12-18-14-24(10-11-27-18)21(25)16-4-7-19-20(13-16)23-9-8-22-19/h2-9,13,18H,10-12,14H2,1H3/t18-/m1/s1. The molecular weight excluding hydrogens is 342 g/mol. The summed E-state index contributed by atoms with van der Waals surface area (Å²) in [4.78, 5) is 23.3. The van der Waals surface area contributed by atoms with Crippen LogP contribution in [0.15, 0.2) is 54.9 Å². The van der Waals surface area contributed by atoms with Crippen LogP contribution in [0.25, 0.3) is 11.0 Å². The van der Waals surface area contributed by atoms with Gasteiger partial charge in [-0.05, 0) is 35.9 Å². The molecule has 0 bridgehead atoms. The second-order valence-corrected chi connectivity index (χ2v) is 6.56. The highest BCUT2D eigenvalue weighted by atomic mass is 16.5. The van der Waals surface area contributed by atoms with Crippen LogP contribution >= 0.6 is 0 Å². The van der Waals surface area contributed by atoms with Gasteiger partial charge in [0.05, 0.1) is 30.9 Å². The lowest BCUT2D eigenvalue weighted by molar-refractivity contribution is -0.0208. The molecule has 0 unspecified atom stereocenters. The molecule has 1 aromatic heterocycles. The van der Waals surface area contributed by atoms with E-state index in [4.69, 9.17) is 9.47 Å². The lowest BCUT2D eigenvalue weighted by atomic mass is 10.1. The monoisotopic (exact) mass is 363 g/mol. The average molecular weight is 363 g/mol. The van der Waals surface area contributed by atoms with Crippen molar-refractivity contribution in [3.05, 3.63) is 66.0 Å². The van der Waals surface area contributed by atoms with Gasteiger partial charge in [0.25, 0.3) is 5.91 Å². The largest absolute Gasteiger partial charge is 0.497 e. The number of fused-ring (bicyclic) bond motifs is 1. The van der Waals surface area contributed by atoms with E-state index in [1.807, 2.05) is 41.3 Å². The minimum Gasteiger partial charge on any atom is -0.497 e. The third kappa shape index (κ3) is 3.90. The molecule has 0 spiro atoms. The van der Waals surface area contributed by atoms with Crippen molar-refractivity contribution in [2.45, 2.75) is 12.5 Å². The van der Waals surface area contributed by atoms with E-state index in [1.54, 1.807) is 25.6 Å². The number of hydrogen-bond donors (Lipinski definition) is 0. The number of benzene rings is 2. The van der Waals surface area contributed by atoms with Gasteiger partial charge in [-0.3, -0.25) is 14.8 Å².